The Bertz CT molecular complexity index is 1110. The third-order valence-corrected chi connectivity index (χ3v) is 8.62. The zero-order chi connectivity index (χ0) is 22.6. The number of para-hydroxylation sites is 2. The predicted molar refractivity (Wildman–Crippen MR) is 124 cm³/mol. The zero-order valence-electron chi connectivity index (χ0n) is 18.0. The van der Waals surface area contributed by atoms with E-state index in [1.165, 1.54) is 38.4 Å². The first-order valence-electron chi connectivity index (χ1n) is 10.1. The molecule has 1 heterocycles. The number of hydrogen-bond donors (Lipinski definition) is 1. The molecular weight excluding hydrogens is 438 g/mol. The van der Waals surface area contributed by atoms with Gasteiger partial charge in [-0.1, -0.05) is 12.1 Å². The van der Waals surface area contributed by atoms with E-state index in [0.29, 0.717) is 5.69 Å². The highest BCUT2D eigenvalue weighted by atomic mass is 32.2. The van der Waals surface area contributed by atoms with Gasteiger partial charge in [-0.05, 0) is 55.7 Å². The lowest BCUT2D eigenvalue weighted by Gasteiger charge is -2.26. The van der Waals surface area contributed by atoms with Crippen LogP contribution in [0.4, 0.5) is 11.4 Å². The standard InChI is InChI=1S/C21H29N3O5S2.H2/c1-23(2)31(27,28)19-12-10-18(11-13-19)30(25,26)22-20-8-4-5-9-21(20)24-15-6-7-17(29-3)14-16-24;/h4-5,8-13,17,22H,6-7,14-16H2,1-3H3;1H. The number of ether oxygens (including phenoxy) is 1. The van der Waals surface area contributed by atoms with Crippen molar-refractivity contribution in [2.24, 2.45) is 0 Å². The van der Waals surface area contributed by atoms with Crippen LogP contribution in [0.15, 0.2) is 58.3 Å². The van der Waals surface area contributed by atoms with Gasteiger partial charge in [-0.3, -0.25) is 4.72 Å². The molecule has 3 rings (SSSR count). The fourth-order valence-corrected chi connectivity index (χ4v) is 5.56. The molecule has 1 aliphatic heterocycles. The van der Waals surface area contributed by atoms with Crippen LogP contribution in [0.3, 0.4) is 0 Å². The molecule has 1 atom stereocenters. The Morgan fingerprint density at radius 2 is 1.61 bits per heavy atom. The minimum Gasteiger partial charge on any atom is -0.381 e. The van der Waals surface area contributed by atoms with E-state index in [-0.39, 0.29) is 17.3 Å². The summed E-state index contributed by atoms with van der Waals surface area (Å²) in [5.41, 5.74) is 1.30. The van der Waals surface area contributed by atoms with Gasteiger partial charge in [0, 0.05) is 35.7 Å². The Morgan fingerprint density at radius 3 is 2.26 bits per heavy atom. The fourth-order valence-electron chi connectivity index (χ4n) is 3.58. The predicted octanol–water partition coefficient (Wildman–Crippen LogP) is 2.99. The quantitative estimate of drug-likeness (QED) is 0.670. The number of rotatable bonds is 7. The summed E-state index contributed by atoms with van der Waals surface area (Å²) in [6, 6.07) is 12.5. The molecule has 0 amide bonds. The lowest BCUT2D eigenvalue weighted by Crippen LogP contribution is -2.26. The Kier molecular flexibility index (Phi) is 7.25. The van der Waals surface area contributed by atoms with Crippen LogP contribution >= 0.6 is 0 Å². The normalized spacial score (nSPS) is 18.1. The van der Waals surface area contributed by atoms with Crippen LogP contribution in [0.25, 0.3) is 0 Å². The highest BCUT2D eigenvalue weighted by Crippen LogP contribution is 2.30. The molecule has 0 radical (unpaired) electrons. The minimum absolute atomic E-state index is 0. The molecule has 0 aromatic heterocycles. The van der Waals surface area contributed by atoms with E-state index in [1.54, 1.807) is 19.2 Å². The number of benzene rings is 2. The minimum atomic E-state index is -3.89. The molecule has 31 heavy (non-hydrogen) atoms. The second kappa shape index (κ2) is 9.56. The molecule has 0 saturated carbocycles. The Morgan fingerprint density at radius 1 is 0.968 bits per heavy atom. The molecular formula is C21H31N3O5S2. The van der Waals surface area contributed by atoms with Crippen LogP contribution in [-0.2, 0) is 24.8 Å². The van der Waals surface area contributed by atoms with Crippen LogP contribution in [0.1, 0.15) is 20.7 Å². The largest absolute Gasteiger partial charge is 0.381 e. The van der Waals surface area contributed by atoms with Crippen molar-refractivity contribution in [2.45, 2.75) is 35.2 Å². The molecule has 1 unspecified atom stereocenters. The number of anilines is 2. The fraction of sp³-hybridized carbons (Fsp3) is 0.429. The lowest BCUT2D eigenvalue weighted by atomic mass is 10.2. The van der Waals surface area contributed by atoms with E-state index in [4.69, 9.17) is 4.74 Å². The molecule has 10 heteroatoms. The smallest absolute Gasteiger partial charge is 0.261 e. The second-order valence-electron chi connectivity index (χ2n) is 7.66. The first-order chi connectivity index (χ1) is 14.6. The maximum atomic E-state index is 13.0. The van der Waals surface area contributed by atoms with Crippen molar-refractivity contribution in [2.75, 3.05) is 43.9 Å². The van der Waals surface area contributed by atoms with Gasteiger partial charge in [-0.2, -0.15) is 0 Å². The lowest BCUT2D eigenvalue weighted by molar-refractivity contribution is 0.0931. The third kappa shape index (κ3) is 5.38. The molecule has 0 bridgehead atoms. The summed E-state index contributed by atoms with van der Waals surface area (Å²) >= 11 is 0. The first kappa shape index (κ1) is 23.5. The molecule has 8 nitrogen and oxygen atoms in total. The van der Waals surface area contributed by atoms with Crippen LogP contribution in [-0.4, -0.2) is 61.5 Å². The van der Waals surface area contributed by atoms with E-state index < -0.39 is 20.0 Å². The van der Waals surface area contributed by atoms with Gasteiger partial charge in [0.05, 0.1) is 27.3 Å². The molecule has 1 fully saturated rings. The van der Waals surface area contributed by atoms with E-state index >= 15 is 0 Å². The Balaban J connectivity index is 0.00000363. The molecule has 172 valence electrons. The summed E-state index contributed by atoms with van der Waals surface area (Å²) in [4.78, 5) is 2.20. The summed E-state index contributed by atoms with van der Waals surface area (Å²) in [7, 11) is -2.95. The van der Waals surface area contributed by atoms with Gasteiger partial charge < -0.3 is 9.64 Å². The van der Waals surface area contributed by atoms with E-state index in [2.05, 4.69) is 9.62 Å². The van der Waals surface area contributed by atoms with Crippen molar-refractivity contribution in [3.05, 3.63) is 48.5 Å². The van der Waals surface area contributed by atoms with E-state index in [9.17, 15) is 16.8 Å². The second-order valence-corrected chi connectivity index (χ2v) is 11.5. The van der Waals surface area contributed by atoms with Gasteiger partial charge >= 0.3 is 0 Å². The topological polar surface area (TPSA) is 96.0 Å². The van der Waals surface area contributed by atoms with Crippen molar-refractivity contribution in [3.63, 3.8) is 0 Å². The average molecular weight is 470 g/mol. The number of hydrogen-bond acceptors (Lipinski definition) is 6. The van der Waals surface area contributed by atoms with Crippen molar-refractivity contribution in [1.29, 1.82) is 0 Å². The molecule has 1 aliphatic rings. The third-order valence-electron chi connectivity index (χ3n) is 5.41. The summed E-state index contributed by atoms with van der Waals surface area (Å²) in [6.45, 7) is 1.59. The molecule has 1 saturated heterocycles. The van der Waals surface area contributed by atoms with Gasteiger partial charge in [0.2, 0.25) is 10.0 Å². The molecule has 1 N–H and O–H groups in total. The number of nitrogens with one attached hydrogen (secondary N) is 1. The first-order valence-corrected chi connectivity index (χ1v) is 13.0. The molecule has 2 aromatic carbocycles. The highest BCUT2D eigenvalue weighted by Gasteiger charge is 2.23. The molecule has 0 spiro atoms. The van der Waals surface area contributed by atoms with Crippen molar-refractivity contribution in [1.82, 2.24) is 4.31 Å². The summed E-state index contributed by atoms with van der Waals surface area (Å²) in [5.74, 6) is 0. The van der Waals surface area contributed by atoms with Gasteiger partial charge in [-0.15, -0.1) is 0 Å². The van der Waals surface area contributed by atoms with Gasteiger partial charge in [-0.25, -0.2) is 21.1 Å². The van der Waals surface area contributed by atoms with Crippen LogP contribution in [0.5, 0.6) is 0 Å². The van der Waals surface area contributed by atoms with Crippen LogP contribution in [0, 0.1) is 0 Å². The molecule has 2 aromatic rings. The van der Waals surface area contributed by atoms with E-state index in [1.807, 2.05) is 12.1 Å². The SMILES string of the molecule is COC1CCCN(c2ccccc2NS(=O)(=O)c2ccc(S(=O)(=O)N(C)C)cc2)CC1.[HH]. The van der Waals surface area contributed by atoms with Crippen LogP contribution < -0.4 is 9.62 Å². The summed E-state index contributed by atoms with van der Waals surface area (Å²) < 4.78 is 59.7. The zero-order valence-corrected chi connectivity index (χ0v) is 19.6. The number of nitrogens with zero attached hydrogens (tertiary/aromatic N) is 2. The van der Waals surface area contributed by atoms with Gasteiger partial charge in [0.1, 0.15) is 0 Å². The summed E-state index contributed by atoms with van der Waals surface area (Å²) in [5, 5.41) is 0. The van der Waals surface area contributed by atoms with Crippen molar-refractivity contribution >= 4 is 31.4 Å². The Hall–Kier alpha value is -2.14. The maximum Gasteiger partial charge on any atom is 0.261 e. The van der Waals surface area contributed by atoms with Crippen LogP contribution in [0.2, 0.25) is 0 Å². The highest BCUT2D eigenvalue weighted by molar-refractivity contribution is 7.92. The van der Waals surface area contributed by atoms with Crippen molar-refractivity contribution in [3.8, 4) is 0 Å². The average Bonchev–Trinajstić information content (AvgIpc) is 2.99. The monoisotopic (exact) mass is 469 g/mol. The van der Waals surface area contributed by atoms with Gasteiger partial charge in [0.15, 0.2) is 0 Å². The summed E-state index contributed by atoms with van der Waals surface area (Å²) in [6.07, 6.45) is 3.02. The van der Waals surface area contributed by atoms with Gasteiger partial charge in [0.25, 0.3) is 10.0 Å². The maximum absolute atomic E-state index is 13.0. The molecule has 0 aliphatic carbocycles. The number of methoxy groups -OCH3 is 1. The van der Waals surface area contributed by atoms with Crippen molar-refractivity contribution < 1.29 is 23.0 Å². The number of sulfonamides is 2. The van der Waals surface area contributed by atoms with E-state index in [0.717, 1.165) is 42.3 Å². The Labute approximate surface area is 186 Å².